The molecular formula is C13H20N4O2. The summed E-state index contributed by atoms with van der Waals surface area (Å²) in [4.78, 5) is 14.2. The number of hydrogen-bond donors (Lipinski definition) is 2. The van der Waals surface area contributed by atoms with Crippen molar-refractivity contribution in [3.8, 4) is 0 Å². The molecule has 2 fully saturated rings. The molecule has 2 aliphatic rings. The van der Waals surface area contributed by atoms with Gasteiger partial charge in [0, 0.05) is 37.9 Å². The van der Waals surface area contributed by atoms with Gasteiger partial charge in [0.15, 0.2) is 0 Å². The molecule has 0 bridgehead atoms. The monoisotopic (exact) mass is 264 g/mol. The summed E-state index contributed by atoms with van der Waals surface area (Å²) >= 11 is 0. The summed E-state index contributed by atoms with van der Waals surface area (Å²) in [5.74, 6) is 0.549. The number of H-pyrrole nitrogens is 1. The lowest BCUT2D eigenvalue weighted by molar-refractivity contribution is 0.0159. The standard InChI is InChI=1S/C13H20N4O2/c1-19-12-7-17(5-4-9(12)14)13(18)11-6-10(15-16-11)8-2-3-8/h6,8-9,12H,2-5,7,14H2,1H3,(H,15,16)/t9-,12+/m0/s1. The van der Waals surface area contributed by atoms with E-state index in [-0.39, 0.29) is 18.1 Å². The van der Waals surface area contributed by atoms with Crippen LogP contribution in [0.4, 0.5) is 0 Å². The highest BCUT2D eigenvalue weighted by molar-refractivity contribution is 5.92. The van der Waals surface area contributed by atoms with E-state index in [9.17, 15) is 4.79 Å². The fourth-order valence-electron chi connectivity index (χ4n) is 2.58. The molecule has 19 heavy (non-hydrogen) atoms. The Kier molecular flexibility index (Phi) is 3.28. The van der Waals surface area contributed by atoms with Crippen LogP contribution in [0.15, 0.2) is 6.07 Å². The minimum absolute atomic E-state index is 0.00950. The van der Waals surface area contributed by atoms with Crippen LogP contribution in [0.3, 0.4) is 0 Å². The van der Waals surface area contributed by atoms with Crippen molar-refractivity contribution in [2.45, 2.75) is 37.3 Å². The Bertz CT molecular complexity index is 469. The molecule has 1 amide bonds. The first-order chi connectivity index (χ1) is 9.19. The third-order valence-corrected chi connectivity index (χ3v) is 4.03. The highest BCUT2D eigenvalue weighted by Gasteiger charge is 2.32. The zero-order chi connectivity index (χ0) is 13.4. The van der Waals surface area contributed by atoms with Gasteiger partial charge in [0.05, 0.1) is 6.10 Å². The number of nitrogens with two attached hydrogens (primary N) is 1. The average Bonchev–Trinajstić information content (AvgIpc) is 3.16. The van der Waals surface area contributed by atoms with Crippen LogP contribution < -0.4 is 5.73 Å². The van der Waals surface area contributed by atoms with Crippen LogP contribution in [0.25, 0.3) is 0 Å². The van der Waals surface area contributed by atoms with E-state index in [0.29, 0.717) is 24.7 Å². The van der Waals surface area contributed by atoms with Crippen molar-refractivity contribution < 1.29 is 9.53 Å². The Morgan fingerprint density at radius 3 is 3.00 bits per heavy atom. The number of carbonyl (C=O) groups is 1. The number of rotatable bonds is 3. The van der Waals surface area contributed by atoms with E-state index in [1.54, 1.807) is 12.0 Å². The van der Waals surface area contributed by atoms with Crippen LogP contribution in [-0.2, 0) is 4.74 Å². The Labute approximate surface area is 112 Å². The number of hydrogen-bond acceptors (Lipinski definition) is 4. The summed E-state index contributed by atoms with van der Waals surface area (Å²) < 4.78 is 5.33. The highest BCUT2D eigenvalue weighted by Crippen LogP contribution is 2.39. The third-order valence-electron chi connectivity index (χ3n) is 4.03. The fourth-order valence-corrected chi connectivity index (χ4v) is 2.58. The van der Waals surface area contributed by atoms with Gasteiger partial charge in [-0.25, -0.2) is 0 Å². The van der Waals surface area contributed by atoms with E-state index >= 15 is 0 Å². The smallest absolute Gasteiger partial charge is 0.274 e. The first-order valence-corrected chi connectivity index (χ1v) is 6.82. The fraction of sp³-hybridized carbons (Fsp3) is 0.692. The molecule has 0 unspecified atom stereocenters. The van der Waals surface area contributed by atoms with Crippen molar-refractivity contribution in [3.05, 3.63) is 17.5 Å². The zero-order valence-corrected chi connectivity index (χ0v) is 11.1. The number of carbonyl (C=O) groups excluding carboxylic acids is 1. The van der Waals surface area contributed by atoms with Gasteiger partial charge in [0.25, 0.3) is 5.91 Å². The second kappa shape index (κ2) is 4.94. The summed E-state index contributed by atoms with van der Waals surface area (Å²) in [6, 6.07) is 1.89. The Morgan fingerprint density at radius 2 is 2.32 bits per heavy atom. The van der Waals surface area contributed by atoms with Crippen molar-refractivity contribution in [1.82, 2.24) is 15.1 Å². The Balaban J connectivity index is 1.68. The summed E-state index contributed by atoms with van der Waals surface area (Å²) in [6.45, 7) is 1.22. The number of methoxy groups -OCH3 is 1. The Hall–Kier alpha value is -1.40. The summed E-state index contributed by atoms with van der Waals surface area (Å²) in [6.07, 6.45) is 3.07. The van der Waals surface area contributed by atoms with Crippen molar-refractivity contribution in [1.29, 1.82) is 0 Å². The third kappa shape index (κ3) is 2.50. The van der Waals surface area contributed by atoms with Crippen LogP contribution in [-0.4, -0.2) is 53.3 Å². The molecule has 6 nitrogen and oxygen atoms in total. The number of aromatic nitrogens is 2. The van der Waals surface area contributed by atoms with Gasteiger partial charge in [-0.15, -0.1) is 0 Å². The number of nitrogens with one attached hydrogen (secondary N) is 1. The molecule has 1 aromatic heterocycles. The average molecular weight is 264 g/mol. The first-order valence-electron chi connectivity index (χ1n) is 6.82. The molecule has 1 aliphatic carbocycles. The maximum absolute atomic E-state index is 12.4. The second-order valence-corrected chi connectivity index (χ2v) is 5.46. The SMILES string of the molecule is CO[C@@H]1CN(C(=O)c2cc(C3CC3)[nH]n2)CC[C@@H]1N. The molecule has 104 valence electrons. The normalized spacial score (nSPS) is 27.6. The molecule has 2 heterocycles. The van der Waals surface area contributed by atoms with E-state index in [4.69, 9.17) is 10.5 Å². The Morgan fingerprint density at radius 1 is 1.53 bits per heavy atom. The maximum atomic E-state index is 12.4. The maximum Gasteiger partial charge on any atom is 0.274 e. The quantitative estimate of drug-likeness (QED) is 0.831. The predicted octanol–water partition coefficient (Wildman–Crippen LogP) is 0.475. The van der Waals surface area contributed by atoms with Crippen LogP contribution >= 0.6 is 0 Å². The molecule has 1 saturated carbocycles. The van der Waals surface area contributed by atoms with Crippen molar-refractivity contribution in [2.75, 3.05) is 20.2 Å². The van der Waals surface area contributed by atoms with E-state index in [0.717, 1.165) is 12.1 Å². The molecule has 3 rings (SSSR count). The number of aromatic amines is 1. The molecule has 3 N–H and O–H groups in total. The predicted molar refractivity (Wildman–Crippen MR) is 69.9 cm³/mol. The molecule has 0 aromatic carbocycles. The van der Waals surface area contributed by atoms with Gasteiger partial charge >= 0.3 is 0 Å². The lowest BCUT2D eigenvalue weighted by atomic mass is 10.0. The van der Waals surface area contributed by atoms with Gasteiger partial charge < -0.3 is 15.4 Å². The summed E-state index contributed by atoms with van der Waals surface area (Å²) in [7, 11) is 1.64. The van der Waals surface area contributed by atoms with E-state index in [1.807, 2.05) is 6.07 Å². The lowest BCUT2D eigenvalue weighted by Crippen LogP contribution is -2.53. The lowest BCUT2D eigenvalue weighted by Gasteiger charge is -2.35. The molecule has 6 heteroatoms. The highest BCUT2D eigenvalue weighted by atomic mass is 16.5. The number of piperidine rings is 1. The summed E-state index contributed by atoms with van der Waals surface area (Å²) in [5.41, 5.74) is 7.55. The van der Waals surface area contributed by atoms with Gasteiger partial charge in [-0.05, 0) is 25.3 Å². The van der Waals surface area contributed by atoms with Gasteiger partial charge in [-0.3, -0.25) is 9.89 Å². The van der Waals surface area contributed by atoms with Crippen molar-refractivity contribution >= 4 is 5.91 Å². The molecule has 0 spiro atoms. The van der Waals surface area contributed by atoms with E-state index in [2.05, 4.69) is 10.2 Å². The number of nitrogens with zero attached hydrogens (tertiary/aromatic N) is 2. The molecule has 2 atom stereocenters. The second-order valence-electron chi connectivity index (χ2n) is 5.46. The van der Waals surface area contributed by atoms with Crippen LogP contribution in [0.2, 0.25) is 0 Å². The topological polar surface area (TPSA) is 84.2 Å². The van der Waals surface area contributed by atoms with Gasteiger partial charge in [0.2, 0.25) is 0 Å². The van der Waals surface area contributed by atoms with Crippen LogP contribution in [0.5, 0.6) is 0 Å². The van der Waals surface area contributed by atoms with Gasteiger partial charge in [-0.1, -0.05) is 0 Å². The first kappa shape index (κ1) is 12.6. The minimum Gasteiger partial charge on any atom is -0.378 e. The number of ether oxygens (including phenoxy) is 1. The van der Waals surface area contributed by atoms with E-state index < -0.39 is 0 Å². The number of amides is 1. The molecule has 1 aliphatic heterocycles. The van der Waals surface area contributed by atoms with Crippen molar-refractivity contribution in [3.63, 3.8) is 0 Å². The summed E-state index contributed by atoms with van der Waals surface area (Å²) in [5, 5.41) is 7.10. The van der Waals surface area contributed by atoms with Crippen LogP contribution in [0, 0.1) is 0 Å². The van der Waals surface area contributed by atoms with Gasteiger partial charge in [-0.2, -0.15) is 5.10 Å². The minimum atomic E-state index is -0.0838. The molecular weight excluding hydrogens is 244 g/mol. The van der Waals surface area contributed by atoms with E-state index in [1.165, 1.54) is 12.8 Å². The molecule has 1 aromatic rings. The zero-order valence-electron chi connectivity index (χ0n) is 11.1. The largest absolute Gasteiger partial charge is 0.378 e. The van der Waals surface area contributed by atoms with Crippen LogP contribution in [0.1, 0.15) is 41.4 Å². The van der Waals surface area contributed by atoms with Crippen molar-refractivity contribution in [2.24, 2.45) is 5.73 Å². The number of likely N-dealkylation sites (tertiary alicyclic amines) is 1. The molecule has 0 radical (unpaired) electrons. The van der Waals surface area contributed by atoms with Gasteiger partial charge in [0.1, 0.15) is 5.69 Å². The molecule has 1 saturated heterocycles.